The molecule has 1 unspecified atom stereocenters. The number of hydrogen-bond donors (Lipinski definition) is 1. The summed E-state index contributed by atoms with van der Waals surface area (Å²) in [5.41, 5.74) is 4.34. The van der Waals surface area contributed by atoms with Gasteiger partial charge in [-0.15, -0.1) is 0 Å². The molecule has 28 heavy (non-hydrogen) atoms. The molecule has 3 aromatic carbocycles. The zero-order valence-corrected chi connectivity index (χ0v) is 15.5. The Morgan fingerprint density at radius 1 is 0.857 bits per heavy atom. The first kappa shape index (κ1) is 20.0. The van der Waals surface area contributed by atoms with Crippen LogP contribution in [0.25, 0.3) is 11.1 Å². The molecule has 3 aromatic rings. The maximum absolute atomic E-state index is 12.3. The third-order valence-corrected chi connectivity index (χ3v) is 4.43. The number of benzene rings is 3. The van der Waals surface area contributed by atoms with Crippen molar-refractivity contribution in [1.82, 2.24) is 5.32 Å². The maximum Gasteiger partial charge on any atom is 0.422 e. The first-order chi connectivity index (χ1) is 13.4. The van der Waals surface area contributed by atoms with E-state index in [1.165, 1.54) is 11.6 Å². The van der Waals surface area contributed by atoms with Crippen LogP contribution in [-0.4, -0.2) is 12.8 Å². The largest absolute Gasteiger partial charge is 0.484 e. The van der Waals surface area contributed by atoms with Crippen molar-refractivity contribution in [2.24, 2.45) is 0 Å². The van der Waals surface area contributed by atoms with Crippen LogP contribution in [0, 0.1) is 0 Å². The molecule has 0 amide bonds. The van der Waals surface area contributed by atoms with Gasteiger partial charge in [-0.1, -0.05) is 66.7 Å². The van der Waals surface area contributed by atoms with E-state index in [1.807, 2.05) is 24.3 Å². The lowest BCUT2D eigenvalue weighted by Crippen LogP contribution is -2.20. The average Bonchev–Trinajstić information content (AvgIpc) is 2.71. The van der Waals surface area contributed by atoms with Crippen LogP contribution >= 0.6 is 0 Å². The van der Waals surface area contributed by atoms with E-state index in [-0.39, 0.29) is 11.8 Å². The minimum Gasteiger partial charge on any atom is -0.484 e. The molecule has 0 aliphatic carbocycles. The van der Waals surface area contributed by atoms with E-state index in [0.717, 1.165) is 16.7 Å². The minimum absolute atomic E-state index is 0.101. The maximum atomic E-state index is 12.3. The fourth-order valence-corrected chi connectivity index (χ4v) is 2.89. The molecule has 1 atom stereocenters. The van der Waals surface area contributed by atoms with Gasteiger partial charge in [-0.3, -0.25) is 0 Å². The number of rotatable bonds is 7. The van der Waals surface area contributed by atoms with E-state index < -0.39 is 12.8 Å². The molecule has 0 saturated heterocycles. The van der Waals surface area contributed by atoms with Gasteiger partial charge in [0, 0.05) is 12.6 Å². The third kappa shape index (κ3) is 5.86. The van der Waals surface area contributed by atoms with Gasteiger partial charge < -0.3 is 10.1 Å². The Balaban J connectivity index is 1.57. The molecule has 3 rings (SSSR count). The van der Waals surface area contributed by atoms with E-state index in [2.05, 4.69) is 48.6 Å². The van der Waals surface area contributed by atoms with Gasteiger partial charge in [0.05, 0.1) is 0 Å². The molecule has 0 saturated carbocycles. The first-order valence-corrected chi connectivity index (χ1v) is 9.08. The summed E-state index contributed by atoms with van der Waals surface area (Å²) in [6.07, 6.45) is -4.34. The van der Waals surface area contributed by atoms with Crippen LogP contribution < -0.4 is 10.1 Å². The zero-order chi connectivity index (χ0) is 20.0. The Morgan fingerprint density at radius 2 is 1.54 bits per heavy atom. The molecule has 5 heteroatoms. The van der Waals surface area contributed by atoms with Crippen LogP contribution in [0.5, 0.6) is 5.75 Å². The van der Waals surface area contributed by atoms with Gasteiger partial charge in [0.2, 0.25) is 0 Å². The molecule has 0 heterocycles. The predicted octanol–water partition coefficient (Wildman–Crippen LogP) is 6.15. The summed E-state index contributed by atoms with van der Waals surface area (Å²) in [6, 6.07) is 25.3. The van der Waals surface area contributed by atoms with Gasteiger partial charge in [-0.2, -0.15) is 13.2 Å². The van der Waals surface area contributed by atoms with Gasteiger partial charge in [0.15, 0.2) is 6.61 Å². The smallest absolute Gasteiger partial charge is 0.422 e. The predicted molar refractivity (Wildman–Crippen MR) is 105 cm³/mol. The number of halogens is 3. The fraction of sp³-hybridized carbons (Fsp3) is 0.217. The Hall–Kier alpha value is -2.79. The zero-order valence-electron chi connectivity index (χ0n) is 15.5. The van der Waals surface area contributed by atoms with Gasteiger partial charge in [0.25, 0.3) is 0 Å². The van der Waals surface area contributed by atoms with Crippen molar-refractivity contribution in [3.8, 4) is 16.9 Å². The van der Waals surface area contributed by atoms with Crippen molar-refractivity contribution in [3.05, 3.63) is 90.0 Å². The van der Waals surface area contributed by atoms with Crippen molar-refractivity contribution in [2.45, 2.75) is 25.7 Å². The molecular weight excluding hydrogens is 363 g/mol. The topological polar surface area (TPSA) is 21.3 Å². The molecular formula is C23H22F3NO. The molecule has 0 aliphatic rings. The van der Waals surface area contributed by atoms with Crippen LogP contribution in [0.4, 0.5) is 13.2 Å². The monoisotopic (exact) mass is 385 g/mol. The van der Waals surface area contributed by atoms with E-state index in [0.29, 0.717) is 6.54 Å². The first-order valence-electron chi connectivity index (χ1n) is 9.08. The minimum atomic E-state index is -4.34. The van der Waals surface area contributed by atoms with Gasteiger partial charge >= 0.3 is 6.18 Å². The van der Waals surface area contributed by atoms with Crippen LogP contribution in [0.1, 0.15) is 24.1 Å². The SMILES string of the molecule is CC(NCc1cccc(OCC(F)(F)F)c1)c1ccc(-c2ccccc2)cc1. The number of nitrogens with one attached hydrogen (secondary N) is 1. The van der Waals surface area contributed by atoms with Crippen LogP contribution in [-0.2, 0) is 6.54 Å². The highest BCUT2D eigenvalue weighted by Gasteiger charge is 2.28. The third-order valence-electron chi connectivity index (χ3n) is 4.43. The van der Waals surface area contributed by atoms with Crippen LogP contribution in [0.3, 0.4) is 0 Å². The second kappa shape index (κ2) is 8.93. The molecule has 1 N–H and O–H groups in total. The van der Waals surface area contributed by atoms with Crippen molar-refractivity contribution in [3.63, 3.8) is 0 Å². The van der Waals surface area contributed by atoms with Crippen LogP contribution in [0.15, 0.2) is 78.9 Å². The number of hydrogen-bond acceptors (Lipinski definition) is 2. The summed E-state index contributed by atoms with van der Waals surface area (Å²) < 4.78 is 41.7. The highest BCUT2D eigenvalue weighted by atomic mass is 19.4. The summed E-state index contributed by atoms with van der Waals surface area (Å²) in [5, 5.41) is 3.40. The molecule has 0 bridgehead atoms. The van der Waals surface area contributed by atoms with Gasteiger partial charge in [0.1, 0.15) is 5.75 Å². The Labute approximate surface area is 163 Å². The molecule has 2 nitrogen and oxygen atoms in total. The van der Waals surface area contributed by atoms with Crippen molar-refractivity contribution in [1.29, 1.82) is 0 Å². The Morgan fingerprint density at radius 3 is 2.21 bits per heavy atom. The van der Waals surface area contributed by atoms with Crippen molar-refractivity contribution >= 4 is 0 Å². The standard InChI is InChI=1S/C23H22F3NO/c1-17(19-10-12-21(13-11-19)20-7-3-2-4-8-20)27-15-18-6-5-9-22(14-18)28-16-23(24,25)26/h2-14,17,27H,15-16H2,1H3. The van der Waals surface area contributed by atoms with Crippen molar-refractivity contribution < 1.29 is 17.9 Å². The van der Waals surface area contributed by atoms with Gasteiger partial charge in [-0.05, 0) is 41.3 Å². The molecule has 0 fully saturated rings. The van der Waals surface area contributed by atoms with E-state index in [4.69, 9.17) is 4.74 Å². The van der Waals surface area contributed by atoms with Gasteiger partial charge in [-0.25, -0.2) is 0 Å². The van der Waals surface area contributed by atoms with Crippen LogP contribution in [0.2, 0.25) is 0 Å². The highest BCUT2D eigenvalue weighted by molar-refractivity contribution is 5.63. The second-order valence-electron chi connectivity index (χ2n) is 6.64. The van der Waals surface area contributed by atoms with Crippen molar-refractivity contribution in [2.75, 3.05) is 6.61 Å². The lowest BCUT2D eigenvalue weighted by Gasteiger charge is -2.16. The Bertz CT molecular complexity index is 876. The quantitative estimate of drug-likeness (QED) is 0.527. The normalized spacial score (nSPS) is 12.6. The fourth-order valence-electron chi connectivity index (χ4n) is 2.89. The van der Waals surface area contributed by atoms with E-state index in [9.17, 15) is 13.2 Å². The number of ether oxygens (including phenoxy) is 1. The lowest BCUT2D eigenvalue weighted by atomic mass is 10.0. The molecule has 0 aliphatic heterocycles. The Kier molecular flexibility index (Phi) is 6.37. The number of alkyl halides is 3. The molecule has 0 aromatic heterocycles. The molecule has 146 valence electrons. The average molecular weight is 385 g/mol. The second-order valence-corrected chi connectivity index (χ2v) is 6.64. The summed E-state index contributed by atoms with van der Waals surface area (Å²) in [7, 11) is 0. The lowest BCUT2D eigenvalue weighted by molar-refractivity contribution is -0.153. The molecule has 0 spiro atoms. The summed E-state index contributed by atoms with van der Waals surface area (Å²) >= 11 is 0. The van der Waals surface area contributed by atoms with E-state index in [1.54, 1.807) is 12.1 Å². The summed E-state index contributed by atoms with van der Waals surface area (Å²) in [4.78, 5) is 0. The summed E-state index contributed by atoms with van der Waals surface area (Å²) in [5.74, 6) is 0.219. The summed E-state index contributed by atoms with van der Waals surface area (Å²) in [6.45, 7) is 1.31. The molecule has 0 radical (unpaired) electrons. The van der Waals surface area contributed by atoms with E-state index >= 15 is 0 Å². The highest BCUT2D eigenvalue weighted by Crippen LogP contribution is 2.23.